The Kier molecular flexibility index (Phi) is 7.14. The van der Waals surface area contributed by atoms with E-state index in [1.807, 2.05) is 0 Å². The molecule has 0 unspecified atom stereocenters. The summed E-state index contributed by atoms with van der Waals surface area (Å²) in [5.41, 5.74) is -2.85. The number of halogens is 4. The Balaban J connectivity index is 1.61. The average Bonchev–Trinajstić information content (AvgIpc) is 3.20. The minimum absolute atomic E-state index is 0.0772. The van der Waals surface area contributed by atoms with Gasteiger partial charge in [0.15, 0.2) is 5.13 Å². The molecule has 0 spiro atoms. The van der Waals surface area contributed by atoms with E-state index in [0.29, 0.717) is 11.2 Å². The van der Waals surface area contributed by atoms with Crippen LogP contribution in [0.2, 0.25) is 0 Å². The second-order valence-electron chi connectivity index (χ2n) is 8.38. The molecular weight excluding hydrogens is 538 g/mol. The first-order valence-corrected chi connectivity index (χ1v) is 13.7. The molecule has 3 N–H and O–H groups in total. The van der Waals surface area contributed by atoms with Crippen LogP contribution < -0.4 is 16.0 Å². The highest BCUT2D eigenvalue weighted by Crippen LogP contribution is 2.43. The first-order chi connectivity index (χ1) is 17.3. The zero-order chi connectivity index (χ0) is 27.0. The SMILES string of the molecule is CS(=O)(=O)CCN1CCN[C@@](c2ccc3nc(NC(=O)Nc4ccc(F)cc4)sc3c2)(C(F)(F)F)C1=O. The van der Waals surface area contributed by atoms with Crippen LogP contribution in [0.25, 0.3) is 10.2 Å². The van der Waals surface area contributed by atoms with E-state index in [1.54, 1.807) is 0 Å². The van der Waals surface area contributed by atoms with Gasteiger partial charge >= 0.3 is 12.2 Å². The van der Waals surface area contributed by atoms with E-state index in [9.17, 15) is 35.6 Å². The number of carbonyl (C=O) groups excluding carboxylic acids is 2. The zero-order valence-electron chi connectivity index (χ0n) is 19.2. The number of amides is 3. The van der Waals surface area contributed by atoms with Gasteiger partial charge in [0, 0.05) is 31.6 Å². The molecule has 1 saturated heterocycles. The number of rotatable bonds is 6. The van der Waals surface area contributed by atoms with Crippen molar-refractivity contribution in [2.45, 2.75) is 11.7 Å². The molecule has 37 heavy (non-hydrogen) atoms. The number of aromatic nitrogens is 1. The summed E-state index contributed by atoms with van der Waals surface area (Å²) in [5.74, 6) is -2.24. The number of piperazine rings is 1. The number of benzene rings is 2. The maximum atomic E-state index is 14.5. The molecule has 1 fully saturated rings. The summed E-state index contributed by atoms with van der Waals surface area (Å²) in [4.78, 5) is 30.5. The summed E-state index contributed by atoms with van der Waals surface area (Å²) in [6.45, 7) is -0.643. The van der Waals surface area contributed by atoms with Gasteiger partial charge in [-0.1, -0.05) is 17.4 Å². The second kappa shape index (κ2) is 9.87. The number of fused-ring (bicyclic) bond motifs is 1. The molecule has 15 heteroatoms. The molecule has 1 aliphatic rings. The highest BCUT2D eigenvalue weighted by molar-refractivity contribution is 7.90. The van der Waals surface area contributed by atoms with Gasteiger partial charge in [-0.15, -0.1) is 0 Å². The number of nitrogens with zero attached hydrogens (tertiary/aromatic N) is 2. The van der Waals surface area contributed by atoms with Gasteiger partial charge in [0.2, 0.25) is 5.54 Å². The fraction of sp³-hybridized carbons (Fsp3) is 0.318. The van der Waals surface area contributed by atoms with Crippen LogP contribution in [-0.2, 0) is 20.2 Å². The maximum Gasteiger partial charge on any atom is 0.419 e. The maximum absolute atomic E-state index is 14.5. The van der Waals surface area contributed by atoms with Gasteiger partial charge in [0.05, 0.1) is 16.0 Å². The quantitative estimate of drug-likeness (QED) is 0.399. The van der Waals surface area contributed by atoms with E-state index in [4.69, 9.17) is 0 Å². The van der Waals surface area contributed by atoms with Crippen LogP contribution in [0.15, 0.2) is 42.5 Å². The predicted molar refractivity (Wildman–Crippen MR) is 131 cm³/mol. The Hall–Kier alpha value is -3.30. The van der Waals surface area contributed by atoms with Gasteiger partial charge in [-0.2, -0.15) is 13.2 Å². The van der Waals surface area contributed by atoms with Crippen molar-refractivity contribution < 1.29 is 35.6 Å². The Labute approximate surface area is 212 Å². The van der Waals surface area contributed by atoms with Crippen molar-refractivity contribution in [3.8, 4) is 0 Å². The number of alkyl halides is 3. The molecule has 9 nitrogen and oxygen atoms in total. The molecule has 4 rings (SSSR count). The lowest BCUT2D eigenvalue weighted by Gasteiger charge is -2.43. The van der Waals surface area contributed by atoms with Crippen molar-refractivity contribution in [1.82, 2.24) is 15.2 Å². The van der Waals surface area contributed by atoms with E-state index >= 15 is 0 Å². The van der Waals surface area contributed by atoms with Crippen LogP contribution in [0.4, 0.5) is 33.2 Å². The van der Waals surface area contributed by atoms with Crippen molar-refractivity contribution >= 4 is 54.1 Å². The number of hydrogen-bond acceptors (Lipinski definition) is 7. The van der Waals surface area contributed by atoms with Crippen LogP contribution in [0.3, 0.4) is 0 Å². The molecule has 3 aromatic rings. The first kappa shape index (κ1) is 26.8. The van der Waals surface area contributed by atoms with Crippen molar-refractivity contribution in [3.63, 3.8) is 0 Å². The Morgan fingerprint density at radius 3 is 2.54 bits per heavy atom. The largest absolute Gasteiger partial charge is 0.419 e. The van der Waals surface area contributed by atoms with E-state index < -0.39 is 45.1 Å². The standard InChI is InChI=1S/C22H21F4N5O4S2/c1-37(34,35)11-10-31-9-8-27-21(18(31)32,22(24,25)26)13-2-7-16-17(12-13)36-20(29-16)30-19(33)28-15-5-3-14(23)4-6-15/h2-7,12,27H,8-11H2,1H3,(H2,28,29,30,33)/t21-/m1/s1. The normalized spacial score (nSPS) is 18.7. The molecule has 0 radical (unpaired) electrons. The van der Waals surface area contributed by atoms with Crippen LogP contribution in [-0.4, -0.2) is 68.1 Å². The third kappa shape index (κ3) is 5.67. The molecule has 1 aromatic heterocycles. The lowest BCUT2D eigenvalue weighted by molar-refractivity contribution is -0.213. The number of carbonyl (C=O) groups is 2. The Morgan fingerprint density at radius 1 is 1.19 bits per heavy atom. The summed E-state index contributed by atoms with van der Waals surface area (Å²) in [6, 6.07) is 7.94. The highest BCUT2D eigenvalue weighted by Gasteiger charge is 2.64. The van der Waals surface area contributed by atoms with Gasteiger partial charge < -0.3 is 10.2 Å². The molecule has 1 atom stereocenters. The summed E-state index contributed by atoms with van der Waals surface area (Å²) >= 11 is 0.899. The Bertz CT molecular complexity index is 1440. The number of sulfone groups is 1. The molecule has 2 heterocycles. The lowest BCUT2D eigenvalue weighted by atomic mass is 9.85. The smallest absolute Gasteiger partial charge is 0.338 e. The minimum Gasteiger partial charge on any atom is -0.338 e. The number of anilines is 2. The van der Waals surface area contributed by atoms with Crippen LogP contribution in [0, 0.1) is 5.82 Å². The molecule has 0 bridgehead atoms. The van der Waals surface area contributed by atoms with Crippen LogP contribution in [0.5, 0.6) is 0 Å². The first-order valence-electron chi connectivity index (χ1n) is 10.8. The number of hydrogen-bond donors (Lipinski definition) is 3. The molecule has 1 aliphatic heterocycles. The van der Waals surface area contributed by atoms with Crippen molar-refractivity contribution in [3.05, 3.63) is 53.8 Å². The minimum atomic E-state index is -5.04. The van der Waals surface area contributed by atoms with Crippen LogP contribution in [0.1, 0.15) is 5.56 Å². The van der Waals surface area contributed by atoms with Crippen LogP contribution >= 0.6 is 11.3 Å². The third-order valence-electron chi connectivity index (χ3n) is 5.68. The summed E-state index contributed by atoms with van der Waals surface area (Å²) < 4.78 is 79.7. The Morgan fingerprint density at radius 2 is 1.89 bits per heavy atom. The van der Waals surface area contributed by atoms with Gasteiger partial charge in [-0.05, 0) is 42.0 Å². The molecule has 0 saturated carbocycles. The molecule has 2 aromatic carbocycles. The summed E-state index contributed by atoms with van der Waals surface area (Å²) in [7, 11) is -3.50. The summed E-state index contributed by atoms with van der Waals surface area (Å²) in [5, 5.41) is 7.36. The zero-order valence-corrected chi connectivity index (χ0v) is 20.9. The third-order valence-corrected chi connectivity index (χ3v) is 7.54. The fourth-order valence-electron chi connectivity index (χ4n) is 3.90. The van der Waals surface area contributed by atoms with E-state index in [-0.39, 0.29) is 35.0 Å². The second-order valence-corrected chi connectivity index (χ2v) is 11.7. The lowest BCUT2D eigenvalue weighted by Crippen LogP contribution is -2.69. The van der Waals surface area contributed by atoms with Crippen molar-refractivity contribution in [2.75, 3.05) is 42.3 Å². The van der Waals surface area contributed by atoms with Gasteiger partial charge in [-0.25, -0.2) is 22.6 Å². The number of nitrogens with one attached hydrogen (secondary N) is 3. The predicted octanol–water partition coefficient (Wildman–Crippen LogP) is 3.31. The topological polar surface area (TPSA) is 120 Å². The highest BCUT2D eigenvalue weighted by atomic mass is 32.2. The molecule has 0 aliphatic carbocycles. The van der Waals surface area contributed by atoms with Crippen molar-refractivity contribution in [1.29, 1.82) is 0 Å². The summed E-state index contributed by atoms with van der Waals surface area (Å²) in [6.07, 6.45) is -4.09. The monoisotopic (exact) mass is 559 g/mol. The van der Waals surface area contributed by atoms with Crippen molar-refractivity contribution in [2.24, 2.45) is 0 Å². The van der Waals surface area contributed by atoms with Gasteiger partial charge in [0.1, 0.15) is 15.7 Å². The van der Waals surface area contributed by atoms with E-state index in [0.717, 1.165) is 40.7 Å². The molecular formula is C22H21F4N5O4S2. The molecule has 198 valence electrons. The van der Waals surface area contributed by atoms with E-state index in [1.165, 1.54) is 24.3 Å². The molecule has 3 amide bonds. The van der Waals surface area contributed by atoms with Gasteiger partial charge in [0.25, 0.3) is 5.91 Å². The number of urea groups is 1. The average molecular weight is 560 g/mol. The fourth-order valence-corrected chi connectivity index (χ4v) is 5.35. The number of thiazole rings is 1. The van der Waals surface area contributed by atoms with E-state index in [2.05, 4.69) is 20.9 Å². The van der Waals surface area contributed by atoms with Gasteiger partial charge in [-0.3, -0.25) is 15.4 Å².